The predicted octanol–water partition coefficient (Wildman–Crippen LogP) is 4.33. The molecule has 0 atom stereocenters. The summed E-state index contributed by atoms with van der Waals surface area (Å²) in [7, 11) is 4.65. The summed E-state index contributed by atoms with van der Waals surface area (Å²) in [6.07, 6.45) is 0.542. The number of nitrogens with zero attached hydrogens (tertiary/aromatic N) is 1. The molecule has 0 unspecified atom stereocenters. The van der Waals surface area contributed by atoms with Crippen LogP contribution in [0.4, 0.5) is 0 Å². The number of carbonyl (C=O) groups is 2. The van der Waals surface area contributed by atoms with Crippen LogP contribution in [0.2, 0.25) is 5.02 Å². The quantitative estimate of drug-likeness (QED) is 0.309. The molecule has 2 N–H and O–H groups in total. The molecule has 0 saturated heterocycles. The lowest BCUT2D eigenvalue weighted by Crippen LogP contribution is -2.32. The number of para-hydroxylation sites is 1. The average molecular weight is 536 g/mol. The molecule has 4 aromatic rings. The highest BCUT2D eigenvalue weighted by Gasteiger charge is 2.16. The van der Waals surface area contributed by atoms with Crippen molar-refractivity contribution in [2.75, 3.05) is 27.9 Å². The maximum absolute atomic E-state index is 13.2. The number of hydrogen-bond acceptors (Lipinski definition) is 7. The van der Waals surface area contributed by atoms with Gasteiger partial charge in [-0.2, -0.15) is 0 Å². The Balaban J connectivity index is 1.61. The fourth-order valence-corrected chi connectivity index (χ4v) is 4.01. The van der Waals surface area contributed by atoms with Crippen LogP contribution in [-0.2, 0) is 6.42 Å². The van der Waals surface area contributed by atoms with E-state index in [-0.39, 0.29) is 21.7 Å². The lowest BCUT2D eigenvalue weighted by atomic mass is 10.1. The first kappa shape index (κ1) is 26.6. The van der Waals surface area contributed by atoms with E-state index in [0.29, 0.717) is 41.2 Å². The number of hydrogen-bond donors (Lipinski definition) is 2. The van der Waals surface area contributed by atoms with Crippen molar-refractivity contribution < 1.29 is 28.2 Å². The monoisotopic (exact) mass is 535 g/mol. The molecule has 0 saturated carbocycles. The van der Waals surface area contributed by atoms with Gasteiger partial charge in [-0.05, 0) is 48.4 Å². The lowest BCUT2D eigenvalue weighted by Gasteiger charge is -2.11. The van der Waals surface area contributed by atoms with Crippen molar-refractivity contribution in [3.05, 3.63) is 94.0 Å². The Labute approximate surface area is 224 Å². The number of ether oxygens (including phenoxy) is 3. The van der Waals surface area contributed by atoms with Gasteiger partial charge in [0.05, 0.1) is 31.9 Å². The van der Waals surface area contributed by atoms with Gasteiger partial charge in [-0.1, -0.05) is 41.9 Å². The van der Waals surface area contributed by atoms with Gasteiger partial charge in [0.2, 0.25) is 5.55 Å². The molecule has 0 radical (unpaired) electrons. The summed E-state index contributed by atoms with van der Waals surface area (Å²) < 4.78 is 21.9. The molecule has 0 spiro atoms. The lowest BCUT2D eigenvalue weighted by molar-refractivity contribution is 0.0934. The van der Waals surface area contributed by atoms with Crippen molar-refractivity contribution in [3.8, 4) is 17.2 Å². The number of carbonyl (C=O) groups excluding carboxylic acids is 2. The van der Waals surface area contributed by atoms with Crippen LogP contribution in [0.3, 0.4) is 0 Å². The molecule has 1 aromatic heterocycles. The van der Waals surface area contributed by atoms with Crippen LogP contribution in [0.1, 0.15) is 26.3 Å². The van der Waals surface area contributed by atoms with Crippen LogP contribution < -0.4 is 30.5 Å². The van der Waals surface area contributed by atoms with E-state index in [0.717, 1.165) is 5.56 Å². The van der Waals surface area contributed by atoms with Gasteiger partial charge in [-0.15, -0.1) is 5.10 Å². The van der Waals surface area contributed by atoms with E-state index in [1.807, 2.05) is 18.2 Å². The largest absolute Gasteiger partial charge is 0.493 e. The summed E-state index contributed by atoms with van der Waals surface area (Å²) in [5, 5.41) is 7.89. The standard InChI is InChI=1S/C28H26ClN3O6/c1-35-22-12-11-17(15-24(22)37-3)13-14-30-26(33)20-16-18-7-6-10-23(36-2)25(18)38-28(20)32-31-27(34)19-8-4-5-9-21(19)29/h4-12,15-16H,13-14H2,1-3H3,(H,30,33)(H,31,34)/b32-28-. The van der Waals surface area contributed by atoms with Gasteiger partial charge in [0.1, 0.15) is 5.56 Å². The third kappa shape index (κ3) is 5.90. The summed E-state index contributed by atoms with van der Waals surface area (Å²) in [4.78, 5) is 25.9. The van der Waals surface area contributed by atoms with Gasteiger partial charge < -0.3 is 23.9 Å². The van der Waals surface area contributed by atoms with E-state index in [2.05, 4.69) is 15.8 Å². The molecule has 0 aliphatic rings. The Hall–Kier alpha value is -4.50. The Kier molecular flexibility index (Phi) is 8.50. The highest BCUT2D eigenvalue weighted by molar-refractivity contribution is 6.33. The van der Waals surface area contributed by atoms with E-state index in [1.54, 1.807) is 62.8 Å². The topological polar surface area (TPSA) is 111 Å². The van der Waals surface area contributed by atoms with Crippen molar-refractivity contribution in [2.24, 2.45) is 5.10 Å². The second kappa shape index (κ2) is 12.2. The highest BCUT2D eigenvalue weighted by Crippen LogP contribution is 2.28. The summed E-state index contributed by atoms with van der Waals surface area (Å²) in [5.41, 5.74) is 4.03. The maximum atomic E-state index is 13.2. The SMILES string of the molecule is COc1ccc(CCNC(=O)c2cc3cccc(OC)c3o/c2=N\NC(=O)c2ccccc2Cl)cc1OC. The minimum atomic E-state index is -0.550. The molecule has 196 valence electrons. The number of halogens is 1. The second-order valence-electron chi connectivity index (χ2n) is 8.07. The van der Waals surface area contributed by atoms with Crippen molar-refractivity contribution >= 4 is 34.4 Å². The van der Waals surface area contributed by atoms with Crippen LogP contribution in [0.5, 0.6) is 17.2 Å². The zero-order valence-corrected chi connectivity index (χ0v) is 21.8. The van der Waals surface area contributed by atoms with Gasteiger partial charge >= 0.3 is 0 Å². The number of nitrogens with one attached hydrogen (secondary N) is 2. The van der Waals surface area contributed by atoms with E-state index in [9.17, 15) is 9.59 Å². The number of fused-ring (bicyclic) bond motifs is 1. The molecular formula is C28H26ClN3O6. The van der Waals surface area contributed by atoms with Crippen LogP contribution in [0.25, 0.3) is 11.0 Å². The van der Waals surface area contributed by atoms with Gasteiger partial charge in [0.15, 0.2) is 22.8 Å². The minimum Gasteiger partial charge on any atom is -0.493 e. The van der Waals surface area contributed by atoms with Crippen LogP contribution in [0, 0.1) is 0 Å². The first-order chi connectivity index (χ1) is 18.4. The first-order valence-electron chi connectivity index (χ1n) is 11.6. The number of rotatable bonds is 9. The molecule has 1 heterocycles. The molecule has 9 nitrogen and oxygen atoms in total. The average Bonchev–Trinajstić information content (AvgIpc) is 2.95. The fourth-order valence-electron chi connectivity index (χ4n) is 3.79. The van der Waals surface area contributed by atoms with Gasteiger partial charge in [0.25, 0.3) is 11.8 Å². The smallest absolute Gasteiger partial charge is 0.272 e. The Morgan fingerprint density at radius 2 is 1.61 bits per heavy atom. The minimum absolute atomic E-state index is 0.0916. The molecule has 0 fully saturated rings. The van der Waals surface area contributed by atoms with Crippen LogP contribution in [-0.4, -0.2) is 39.7 Å². The molecule has 3 aromatic carbocycles. The van der Waals surface area contributed by atoms with Gasteiger partial charge in [-0.3, -0.25) is 9.59 Å². The molecule has 2 amide bonds. The van der Waals surface area contributed by atoms with Gasteiger partial charge in [0, 0.05) is 11.9 Å². The third-order valence-electron chi connectivity index (χ3n) is 5.73. The van der Waals surface area contributed by atoms with Crippen LogP contribution >= 0.6 is 11.6 Å². The van der Waals surface area contributed by atoms with E-state index in [4.69, 9.17) is 30.2 Å². The first-order valence-corrected chi connectivity index (χ1v) is 12.0. The number of benzene rings is 3. The Morgan fingerprint density at radius 3 is 2.34 bits per heavy atom. The van der Waals surface area contributed by atoms with E-state index in [1.165, 1.54) is 7.11 Å². The predicted molar refractivity (Wildman–Crippen MR) is 143 cm³/mol. The zero-order chi connectivity index (χ0) is 27.1. The summed E-state index contributed by atoms with van der Waals surface area (Å²) >= 11 is 6.12. The third-order valence-corrected chi connectivity index (χ3v) is 6.06. The molecule has 4 rings (SSSR count). The fraction of sp³-hybridized carbons (Fsp3) is 0.179. The Morgan fingerprint density at radius 1 is 0.842 bits per heavy atom. The van der Waals surface area contributed by atoms with Crippen molar-refractivity contribution in [1.82, 2.24) is 10.7 Å². The number of methoxy groups -OCH3 is 3. The summed E-state index contributed by atoms with van der Waals surface area (Å²) in [5.74, 6) is 0.708. The summed E-state index contributed by atoms with van der Waals surface area (Å²) in [6, 6.07) is 19.0. The van der Waals surface area contributed by atoms with E-state index >= 15 is 0 Å². The normalized spacial score (nSPS) is 11.2. The van der Waals surface area contributed by atoms with Crippen molar-refractivity contribution in [1.29, 1.82) is 0 Å². The second-order valence-corrected chi connectivity index (χ2v) is 8.48. The van der Waals surface area contributed by atoms with Crippen molar-refractivity contribution in [2.45, 2.75) is 6.42 Å². The molecular weight excluding hydrogens is 510 g/mol. The van der Waals surface area contributed by atoms with E-state index < -0.39 is 11.8 Å². The molecule has 10 heteroatoms. The molecule has 0 aliphatic carbocycles. The summed E-state index contributed by atoms with van der Waals surface area (Å²) in [6.45, 7) is 0.329. The molecule has 0 bridgehead atoms. The highest BCUT2D eigenvalue weighted by atomic mass is 35.5. The van der Waals surface area contributed by atoms with Crippen LogP contribution in [0.15, 0.2) is 76.2 Å². The van der Waals surface area contributed by atoms with Gasteiger partial charge in [-0.25, -0.2) is 5.43 Å². The number of amides is 2. The maximum Gasteiger partial charge on any atom is 0.272 e. The van der Waals surface area contributed by atoms with Crippen molar-refractivity contribution in [3.63, 3.8) is 0 Å². The molecule has 0 aliphatic heterocycles. The zero-order valence-electron chi connectivity index (χ0n) is 21.0. The molecule has 38 heavy (non-hydrogen) atoms. The Bertz CT molecular complexity index is 1550.